The molecule has 1 amide bonds. The third-order valence-corrected chi connectivity index (χ3v) is 5.01. The molecule has 0 spiro atoms. The number of hydrogen-bond donors (Lipinski definition) is 1. The third kappa shape index (κ3) is 3.20. The molecule has 0 bridgehead atoms. The van der Waals surface area contributed by atoms with Crippen LogP contribution in [0, 0.1) is 11.3 Å². The Balaban J connectivity index is 2.00. The van der Waals surface area contributed by atoms with E-state index in [4.69, 9.17) is 0 Å². The number of carbonyl (C=O) groups excluding carboxylic acids is 1. The van der Waals surface area contributed by atoms with Gasteiger partial charge < -0.3 is 10.0 Å². The Morgan fingerprint density at radius 1 is 1.50 bits per heavy atom. The van der Waals surface area contributed by atoms with Crippen molar-refractivity contribution in [2.24, 2.45) is 11.3 Å². The van der Waals surface area contributed by atoms with Gasteiger partial charge in [0.2, 0.25) is 5.91 Å². The Morgan fingerprint density at radius 2 is 2.25 bits per heavy atom. The van der Waals surface area contributed by atoms with Crippen LogP contribution >= 0.6 is 11.3 Å². The van der Waals surface area contributed by atoms with E-state index in [1.165, 1.54) is 0 Å². The lowest BCUT2D eigenvalue weighted by molar-refractivity contribution is -0.153. The lowest BCUT2D eigenvalue weighted by Crippen LogP contribution is -2.47. The molecule has 0 aliphatic carbocycles. The maximum absolute atomic E-state index is 12.3. The average Bonchev–Trinajstić information content (AvgIpc) is 2.91. The van der Waals surface area contributed by atoms with Crippen LogP contribution in [0.15, 0.2) is 16.8 Å². The van der Waals surface area contributed by atoms with E-state index in [0.717, 1.165) is 24.9 Å². The van der Waals surface area contributed by atoms with E-state index in [1.807, 2.05) is 21.7 Å². The molecule has 2 rings (SSSR count). The first-order valence-corrected chi connectivity index (χ1v) is 7.88. The first-order chi connectivity index (χ1) is 9.41. The van der Waals surface area contributed by atoms with Crippen LogP contribution in [0.1, 0.15) is 32.3 Å². The molecule has 0 radical (unpaired) electrons. The van der Waals surface area contributed by atoms with E-state index in [9.17, 15) is 14.7 Å². The normalized spacial score (nSPS) is 19.9. The second kappa shape index (κ2) is 5.95. The van der Waals surface area contributed by atoms with Gasteiger partial charge in [-0.05, 0) is 55.0 Å². The highest BCUT2D eigenvalue weighted by molar-refractivity contribution is 7.07. The molecule has 4 nitrogen and oxygen atoms in total. The number of carboxylic acids is 1. The summed E-state index contributed by atoms with van der Waals surface area (Å²) in [5.41, 5.74) is 0.265. The summed E-state index contributed by atoms with van der Waals surface area (Å²) >= 11 is 1.59. The fraction of sp³-hybridized carbons (Fsp3) is 0.600. The summed E-state index contributed by atoms with van der Waals surface area (Å²) < 4.78 is 0. The van der Waals surface area contributed by atoms with E-state index in [0.29, 0.717) is 13.0 Å². The van der Waals surface area contributed by atoms with Gasteiger partial charge in [-0.3, -0.25) is 9.59 Å². The van der Waals surface area contributed by atoms with Crippen molar-refractivity contribution in [3.05, 3.63) is 22.4 Å². The summed E-state index contributed by atoms with van der Waals surface area (Å²) in [5, 5.41) is 13.3. The van der Waals surface area contributed by atoms with Gasteiger partial charge in [-0.25, -0.2) is 0 Å². The average molecular weight is 295 g/mol. The van der Waals surface area contributed by atoms with Gasteiger partial charge in [-0.1, -0.05) is 0 Å². The van der Waals surface area contributed by atoms with Crippen molar-refractivity contribution in [3.8, 4) is 0 Å². The third-order valence-electron chi connectivity index (χ3n) is 4.28. The van der Waals surface area contributed by atoms with Crippen LogP contribution in [0.4, 0.5) is 0 Å². The molecule has 0 aromatic carbocycles. The first kappa shape index (κ1) is 15.0. The molecule has 1 atom stereocenters. The van der Waals surface area contributed by atoms with Gasteiger partial charge in [0.15, 0.2) is 0 Å². The van der Waals surface area contributed by atoms with Crippen LogP contribution in [0.2, 0.25) is 0 Å². The number of aliphatic carboxylic acids is 1. The number of nitrogens with zero attached hydrogens (tertiary/aromatic N) is 1. The van der Waals surface area contributed by atoms with Gasteiger partial charge in [-0.15, -0.1) is 0 Å². The van der Waals surface area contributed by atoms with Crippen molar-refractivity contribution < 1.29 is 14.7 Å². The van der Waals surface area contributed by atoms with E-state index in [1.54, 1.807) is 25.2 Å². The smallest absolute Gasteiger partial charge is 0.309 e. The molecule has 1 fully saturated rings. The minimum absolute atomic E-state index is 0.0279. The quantitative estimate of drug-likeness (QED) is 0.929. The van der Waals surface area contributed by atoms with Crippen LogP contribution in [-0.4, -0.2) is 35.0 Å². The number of likely N-dealkylation sites (tertiary alicyclic amines) is 1. The van der Waals surface area contributed by atoms with Crippen LogP contribution in [0.25, 0.3) is 0 Å². The number of carbonyl (C=O) groups is 2. The number of rotatable bonds is 4. The van der Waals surface area contributed by atoms with Gasteiger partial charge in [0.05, 0.1) is 11.8 Å². The maximum atomic E-state index is 12.3. The van der Waals surface area contributed by atoms with Crippen molar-refractivity contribution in [2.75, 3.05) is 13.1 Å². The standard InChI is InChI=1S/C15H21NO3S/c1-15(2,14(18)19)12-4-3-6-16(9-12)13(17)8-11-5-7-20-10-11/h5,7,10,12H,3-4,6,8-9H2,1-2H3,(H,18,19). The zero-order valence-corrected chi connectivity index (χ0v) is 12.8. The van der Waals surface area contributed by atoms with Gasteiger partial charge in [-0.2, -0.15) is 11.3 Å². The number of thiophene rings is 1. The Bertz CT molecular complexity index is 481. The molecule has 0 saturated carbocycles. The topological polar surface area (TPSA) is 57.6 Å². The van der Waals surface area contributed by atoms with E-state index < -0.39 is 11.4 Å². The summed E-state index contributed by atoms with van der Waals surface area (Å²) in [6.45, 7) is 4.82. The molecule has 1 unspecified atom stereocenters. The number of hydrogen-bond acceptors (Lipinski definition) is 3. The summed E-state index contributed by atoms with van der Waals surface area (Å²) in [5.74, 6) is -0.649. The van der Waals surface area contributed by atoms with E-state index in [-0.39, 0.29) is 11.8 Å². The fourth-order valence-corrected chi connectivity index (χ4v) is 3.32. The number of piperidine rings is 1. The number of amides is 1. The van der Waals surface area contributed by atoms with Crippen molar-refractivity contribution in [2.45, 2.75) is 33.1 Å². The molecular formula is C15H21NO3S. The molecule has 1 aromatic rings. The van der Waals surface area contributed by atoms with Gasteiger partial charge in [0, 0.05) is 13.1 Å². The van der Waals surface area contributed by atoms with Crippen molar-refractivity contribution >= 4 is 23.2 Å². The Morgan fingerprint density at radius 3 is 2.85 bits per heavy atom. The largest absolute Gasteiger partial charge is 0.481 e. The van der Waals surface area contributed by atoms with Crippen molar-refractivity contribution in [3.63, 3.8) is 0 Å². The summed E-state index contributed by atoms with van der Waals surface area (Å²) in [6.07, 6.45) is 2.18. The molecule has 1 N–H and O–H groups in total. The fourth-order valence-electron chi connectivity index (χ4n) is 2.65. The molecule has 20 heavy (non-hydrogen) atoms. The van der Waals surface area contributed by atoms with Crippen molar-refractivity contribution in [1.82, 2.24) is 4.90 Å². The van der Waals surface area contributed by atoms with Crippen LogP contribution in [0.3, 0.4) is 0 Å². The maximum Gasteiger partial charge on any atom is 0.309 e. The molecule has 2 heterocycles. The minimum Gasteiger partial charge on any atom is -0.481 e. The summed E-state index contributed by atoms with van der Waals surface area (Å²) in [7, 11) is 0. The summed E-state index contributed by atoms with van der Waals surface area (Å²) in [6, 6.07) is 1.96. The van der Waals surface area contributed by atoms with Crippen molar-refractivity contribution in [1.29, 1.82) is 0 Å². The molecule has 110 valence electrons. The van der Waals surface area contributed by atoms with Gasteiger partial charge in [0.1, 0.15) is 0 Å². The Labute approximate surface area is 123 Å². The molecular weight excluding hydrogens is 274 g/mol. The zero-order valence-electron chi connectivity index (χ0n) is 12.0. The van der Waals surface area contributed by atoms with Crippen LogP contribution < -0.4 is 0 Å². The molecule has 5 heteroatoms. The summed E-state index contributed by atoms with van der Waals surface area (Å²) in [4.78, 5) is 25.5. The minimum atomic E-state index is -0.783. The molecule has 1 saturated heterocycles. The van der Waals surface area contributed by atoms with E-state index in [2.05, 4.69) is 0 Å². The van der Waals surface area contributed by atoms with Crippen LogP contribution in [-0.2, 0) is 16.0 Å². The zero-order chi connectivity index (χ0) is 14.8. The van der Waals surface area contributed by atoms with E-state index >= 15 is 0 Å². The Kier molecular flexibility index (Phi) is 4.48. The highest BCUT2D eigenvalue weighted by atomic mass is 32.1. The van der Waals surface area contributed by atoms with Gasteiger partial charge >= 0.3 is 5.97 Å². The molecule has 1 aliphatic heterocycles. The highest BCUT2D eigenvalue weighted by Gasteiger charge is 2.39. The van der Waals surface area contributed by atoms with Gasteiger partial charge in [0.25, 0.3) is 0 Å². The second-order valence-corrected chi connectivity index (χ2v) is 6.79. The predicted octanol–water partition coefficient (Wildman–Crippen LogP) is 2.64. The first-order valence-electron chi connectivity index (χ1n) is 6.93. The monoisotopic (exact) mass is 295 g/mol. The molecule has 1 aromatic heterocycles. The Hall–Kier alpha value is -1.36. The lowest BCUT2D eigenvalue weighted by atomic mass is 9.74. The lowest BCUT2D eigenvalue weighted by Gasteiger charge is -2.39. The van der Waals surface area contributed by atoms with Crippen LogP contribution in [0.5, 0.6) is 0 Å². The highest BCUT2D eigenvalue weighted by Crippen LogP contribution is 2.34. The molecule has 1 aliphatic rings. The predicted molar refractivity (Wildman–Crippen MR) is 78.7 cm³/mol. The second-order valence-electron chi connectivity index (χ2n) is 6.01. The number of carboxylic acid groups (broad SMARTS) is 1. The SMILES string of the molecule is CC(C)(C(=O)O)C1CCCN(C(=O)Cc2ccsc2)C1.